The summed E-state index contributed by atoms with van der Waals surface area (Å²) in [5.74, 6) is -0.305. The number of nitro benzene ring substituents is 1. The van der Waals surface area contributed by atoms with E-state index in [2.05, 4.69) is 4.99 Å². The predicted octanol–water partition coefficient (Wildman–Crippen LogP) is 2.68. The third-order valence-electron chi connectivity index (χ3n) is 3.94. The first-order valence-corrected chi connectivity index (χ1v) is 9.39. The predicted molar refractivity (Wildman–Crippen MR) is 106 cm³/mol. The molecule has 0 aliphatic heterocycles. The lowest BCUT2D eigenvalue weighted by Crippen LogP contribution is -2.22. The molecule has 3 rings (SSSR count). The molecular weight excluding hydrogens is 398 g/mol. The van der Waals surface area contributed by atoms with E-state index in [0.717, 1.165) is 11.3 Å². The lowest BCUT2D eigenvalue weighted by atomic mass is 10.3. The zero-order valence-corrected chi connectivity index (χ0v) is 16.3. The number of hydrogen-bond donors (Lipinski definition) is 0. The number of ether oxygens (including phenoxy) is 2. The van der Waals surface area contributed by atoms with Crippen LogP contribution in [0.2, 0.25) is 0 Å². The number of amides is 1. The summed E-state index contributed by atoms with van der Waals surface area (Å²) in [6, 6.07) is 13.3. The van der Waals surface area contributed by atoms with Crippen LogP contribution in [0.4, 0.5) is 5.69 Å². The second-order valence-corrected chi connectivity index (χ2v) is 6.88. The van der Waals surface area contributed by atoms with Gasteiger partial charge in [0.05, 0.1) is 35.3 Å². The maximum atomic E-state index is 12.3. The van der Waals surface area contributed by atoms with E-state index in [4.69, 9.17) is 9.47 Å². The van der Waals surface area contributed by atoms with Gasteiger partial charge < -0.3 is 14.0 Å². The van der Waals surface area contributed by atoms with Crippen molar-refractivity contribution in [3.05, 3.63) is 63.4 Å². The van der Waals surface area contributed by atoms with Crippen LogP contribution in [0.25, 0.3) is 10.2 Å². The fourth-order valence-corrected chi connectivity index (χ4v) is 3.62. The molecule has 0 saturated heterocycles. The Hall–Kier alpha value is -3.53. The number of methoxy groups -OCH3 is 1. The van der Waals surface area contributed by atoms with Crippen molar-refractivity contribution in [3.63, 3.8) is 0 Å². The molecule has 0 bridgehead atoms. The number of aromatic nitrogens is 1. The first kappa shape index (κ1) is 20.2. The number of benzene rings is 2. The first-order valence-electron chi connectivity index (χ1n) is 8.58. The minimum absolute atomic E-state index is 0.0432. The van der Waals surface area contributed by atoms with Crippen molar-refractivity contribution in [2.24, 2.45) is 4.99 Å². The molecule has 1 amide bonds. The van der Waals surface area contributed by atoms with Crippen molar-refractivity contribution in [2.75, 3.05) is 13.7 Å². The molecule has 0 aliphatic carbocycles. The molecule has 0 fully saturated rings. The summed E-state index contributed by atoms with van der Waals surface area (Å²) in [5.41, 5.74) is 0.469. The Morgan fingerprint density at radius 1 is 1.21 bits per heavy atom. The highest BCUT2D eigenvalue weighted by molar-refractivity contribution is 7.16. The lowest BCUT2D eigenvalue weighted by Gasteiger charge is -2.04. The monoisotopic (exact) mass is 415 g/mol. The molecule has 0 N–H and O–H groups in total. The third kappa shape index (κ3) is 5.05. The van der Waals surface area contributed by atoms with Crippen molar-refractivity contribution in [2.45, 2.75) is 13.0 Å². The van der Waals surface area contributed by atoms with Gasteiger partial charge in [-0.1, -0.05) is 29.5 Å². The summed E-state index contributed by atoms with van der Waals surface area (Å²) in [5, 5.41) is 11.0. The van der Waals surface area contributed by atoms with Crippen LogP contribution in [0.3, 0.4) is 0 Å². The number of nitro groups is 1. The highest BCUT2D eigenvalue weighted by Crippen LogP contribution is 2.23. The Bertz CT molecular complexity index is 1120. The Morgan fingerprint density at radius 3 is 2.66 bits per heavy atom. The van der Waals surface area contributed by atoms with E-state index in [1.165, 1.54) is 29.9 Å². The zero-order valence-electron chi connectivity index (χ0n) is 15.4. The molecule has 0 aliphatic rings. The lowest BCUT2D eigenvalue weighted by molar-refractivity contribution is -0.384. The Labute approximate surface area is 169 Å². The summed E-state index contributed by atoms with van der Waals surface area (Å²) < 4.78 is 12.2. The second kappa shape index (κ2) is 9.11. The van der Waals surface area contributed by atoms with Crippen molar-refractivity contribution in [3.8, 4) is 5.75 Å². The fourth-order valence-electron chi connectivity index (χ4n) is 2.54. The number of para-hydroxylation sites is 1. The third-order valence-corrected chi connectivity index (χ3v) is 4.98. The Kier molecular flexibility index (Phi) is 6.35. The number of esters is 1. The molecule has 0 radical (unpaired) electrons. The molecule has 9 nitrogen and oxygen atoms in total. The van der Waals surface area contributed by atoms with Gasteiger partial charge in [-0.25, -0.2) is 0 Å². The quantitative estimate of drug-likeness (QED) is 0.333. The minimum Gasteiger partial charge on any atom is -0.493 e. The van der Waals surface area contributed by atoms with Gasteiger partial charge in [0.1, 0.15) is 12.3 Å². The molecule has 0 unspecified atom stereocenters. The van der Waals surface area contributed by atoms with Crippen LogP contribution in [0, 0.1) is 10.1 Å². The average molecular weight is 415 g/mol. The smallest absolute Gasteiger partial charge is 0.325 e. The normalized spacial score (nSPS) is 11.4. The number of rotatable bonds is 7. The fraction of sp³-hybridized carbons (Fsp3) is 0.211. The average Bonchev–Trinajstić information content (AvgIpc) is 3.04. The topological polar surface area (TPSA) is 113 Å². The molecule has 1 heterocycles. The highest BCUT2D eigenvalue weighted by atomic mass is 32.1. The maximum Gasteiger partial charge on any atom is 0.325 e. The number of fused-ring (bicyclic) bond motifs is 1. The van der Waals surface area contributed by atoms with Crippen molar-refractivity contribution < 1.29 is 24.0 Å². The number of carbonyl (C=O) groups excluding carboxylic acids is 2. The Balaban J connectivity index is 1.86. The largest absolute Gasteiger partial charge is 0.493 e. The van der Waals surface area contributed by atoms with Crippen LogP contribution >= 0.6 is 11.3 Å². The molecule has 1 aromatic heterocycles. The van der Waals surface area contributed by atoms with Crippen molar-refractivity contribution in [1.29, 1.82) is 0 Å². The van der Waals surface area contributed by atoms with Crippen molar-refractivity contribution in [1.82, 2.24) is 4.57 Å². The van der Waals surface area contributed by atoms with E-state index in [1.807, 2.05) is 18.2 Å². The molecule has 0 atom stereocenters. The summed E-state index contributed by atoms with van der Waals surface area (Å²) >= 11 is 1.09. The molecule has 0 spiro atoms. The van der Waals surface area contributed by atoms with E-state index >= 15 is 0 Å². The summed E-state index contributed by atoms with van der Waals surface area (Å²) in [7, 11) is 1.26. The number of carbonyl (C=O) groups is 2. The maximum absolute atomic E-state index is 12.3. The van der Waals surface area contributed by atoms with Gasteiger partial charge in [-0.15, -0.1) is 0 Å². The Morgan fingerprint density at radius 2 is 1.97 bits per heavy atom. The summed E-state index contributed by atoms with van der Waals surface area (Å²) in [4.78, 5) is 38.9. The van der Waals surface area contributed by atoms with E-state index in [1.54, 1.807) is 12.1 Å². The molecule has 29 heavy (non-hydrogen) atoms. The summed E-state index contributed by atoms with van der Waals surface area (Å²) in [6.45, 7) is -0.0132. The van der Waals surface area contributed by atoms with E-state index in [9.17, 15) is 19.7 Å². The molecule has 10 heteroatoms. The molecule has 150 valence electrons. The van der Waals surface area contributed by atoms with Crippen LogP contribution in [0.5, 0.6) is 5.75 Å². The van der Waals surface area contributed by atoms with Crippen LogP contribution in [0.1, 0.15) is 6.42 Å². The molecule has 3 aromatic rings. The standard InChI is InChI=1S/C19H17N3O6S/c1-27-18(24)12-21-15-8-7-13(22(25)26)11-16(15)29-19(21)20-17(23)9-10-28-14-5-3-2-4-6-14/h2-8,11H,9-10,12H2,1H3. The van der Waals surface area contributed by atoms with Gasteiger partial charge in [-0.3, -0.25) is 19.7 Å². The van der Waals surface area contributed by atoms with E-state index in [-0.39, 0.29) is 30.1 Å². The number of thiazole rings is 1. The van der Waals surface area contributed by atoms with E-state index in [0.29, 0.717) is 16.0 Å². The first-order chi connectivity index (χ1) is 14.0. The van der Waals surface area contributed by atoms with Gasteiger partial charge in [-0.2, -0.15) is 4.99 Å². The van der Waals surface area contributed by atoms with E-state index < -0.39 is 16.8 Å². The van der Waals surface area contributed by atoms with Crippen LogP contribution in [0.15, 0.2) is 53.5 Å². The van der Waals surface area contributed by atoms with Crippen molar-refractivity contribution >= 4 is 39.1 Å². The van der Waals surface area contributed by atoms with Crippen LogP contribution in [-0.4, -0.2) is 35.1 Å². The van der Waals surface area contributed by atoms with Gasteiger partial charge in [0.15, 0.2) is 4.80 Å². The van der Waals surface area contributed by atoms with Gasteiger partial charge in [0, 0.05) is 12.1 Å². The summed E-state index contributed by atoms with van der Waals surface area (Å²) in [6.07, 6.45) is 0.0432. The second-order valence-electron chi connectivity index (χ2n) is 5.87. The van der Waals surface area contributed by atoms with Crippen LogP contribution in [-0.2, 0) is 20.9 Å². The van der Waals surface area contributed by atoms with Gasteiger partial charge in [0.25, 0.3) is 11.6 Å². The minimum atomic E-state index is -0.524. The zero-order chi connectivity index (χ0) is 20.8. The SMILES string of the molecule is COC(=O)Cn1c(=NC(=O)CCOc2ccccc2)sc2cc([N+](=O)[O-])ccc21. The van der Waals surface area contributed by atoms with Gasteiger partial charge in [0.2, 0.25) is 0 Å². The number of non-ortho nitro benzene ring substituents is 1. The molecule has 2 aromatic carbocycles. The van der Waals surface area contributed by atoms with Crippen LogP contribution < -0.4 is 9.54 Å². The number of hydrogen-bond acceptors (Lipinski definition) is 7. The van der Waals surface area contributed by atoms with Gasteiger partial charge >= 0.3 is 5.97 Å². The highest BCUT2D eigenvalue weighted by Gasteiger charge is 2.15. The number of nitrogens with zero attached hydrogens (tertiary/aromatic N) is 3. The van der Waals surface area contributed by atoms with Gasteiger partial charge in [-0.05, 0) is 18.2 Å². The molecule has 0 saturated carbocycles. The molecular formula is C19H17N3O6S.